The molecule has 8 nitrogen and oxygen atoms in total. The van der Waals surface area contributed by atoms with E-state index in [-0.39, 0.29) is 50.9 Å². The fourth-order valence-corrected chi connectivity index (χ4v) is 5.79. The standard InChI is InChI=1S/C40H50N2O2.2C2H4O2.Co/c1-25(2)32-19-27(21-39(5,6)7)17-30(37(32)43)23-41-34-15-11-13-29-14-12-16-35(36(29)34)42-24-31-18-28(22-40(8,9)10)20-33(26(3)4)38(31)44;2*1-2(3)4;/h11-20,23-26,43-44H,21-22H2,1-10H3;2*1H3,(H,3,4);/q;;;+2/p-2. The van der Waals surface area contributed by atoms with Crippen LogP contribution in [0.1, 0.15) is 128 Å². The Hall–Kier alpha value is -4.47. The van der Waals surface area contributed by atoms with Crippen LogP contribution in [0.15, 0.2) is 70.6 Å². The number of aliphatic imine (C=N–C) groups is 2. The molecule has 0 aliphatic carbocycles. The van der Waals surface area contributed by atoms with Gasteiger partial charge in [-0.2, -0.15) is 0 Å². The van der Waals surface area contributed by atoms with Crippen molar-refractivity contribution in [2.45, 2.75) is 108 Å². The van der Waals surface area contributed by atoms with Gasteiger partial charge in [0, 0.05) is 40.9 Å². The van der Waals surface area contributed by atoms with Gasteiger partial charge in [-0.3, -0.25) is 9.98 Å². The summed E-state index contributed by atoms with van der Waals surface area (Å²) in [5, 5.41) is 42.1. The van der Waals surface area contributed by atoms with Crippen LogP contribution in [0.4, 0.5) is 11.4 Å². The molecule has 0 fully saturated rings. The molecular weight excluding hydrogens is 711 g/mol. The van der Waals surface area contributed by atoms with Gasteiger partial charge in [0.15, 0.2) is 0 Å². The van der Waals surface area contributed by atoms with Gasteiger partial charge in [-0.25, -0.2) is 0 Å². The van der Waals surface area contributed by atoms with E-state index in [2.05, 4.69) is 106 Å². The molecule has 4 aromatic carbocycles. The van der Waals surface area contributed by atoms with Gasteiger partial charge in [0.2, 0.25) is 0 Å². The van der Waals surface area contributed by atoms with Crippen molar-refractivity contribution < 1.29 is 46.8 Å². The average molecular weight is 768 g/mol. The average Bonchev–Trinajstić information content (AvgIpc) is 2.98. The first-order valence-corrected chi connectivity index (χ1v) is 17.7. The van der Waals surface area contributed by atoms with E-state index in [0.29, 0.717) is 0 Å². The number of phenols is 2. The van der Waals surface area contributed by atoms with Gasteiger partial charge < -0.3 is 30.0 Å². The van der Waals surface area contributed by atoms with E-state index in [4.69, 9.17) is 29.8 Å². The summed E-state index contributed by atoms with van der Waals surface area (Å²) in [4.78, 5) is 27.6. The summed E-state index contributed by atoms with van der Waals surface area (Å²) in [5.41, 5.74) is 7.49. The molecule has 0 amide bonds. The molecule has 0 saturated heterocycles. The first kappa shape index (κ1) is 46.5. The van der Waals surface area contributed by atoms with Crippen molar-refractivity contribution in [1.82, 2.24) is 0 Å². The monoisotopic (exact) mass is 767 g/mol. The van der Waals surface area contributed by atoms with Crippen molar-refractivity contribution in [3.8, 4) is 11.5 Å². The largest absolute Gasteiger partial charge is 2.00 e. The fourth-order valence-electron chi connectivity index (χ4n) is 5.79. The number of carbonyl (C=O) groups is 2. The van der Waals surface area contributed by atoms with Crippen molar-refractivity contribution in [3.05, 3.63) is 94.0 Å². The predicted octanol–water partition coefficient (Wildman–Crippen LogP) is 8.69. The van der Waals surface area contributed by atoms with Crippen molar-refractivity contribution in [3.63, 3.8) is 0 Å². The van der Waals surface area contributed by atoms with E-state index in [1.54, 1.807) is 12.4 Å². The minimum Gasteiger partial charge on any atom is -0.550 e. The molecule has 0 aromatic heterocycles. The Morgan fingerprint density at radius 3 is 1.26 bits per heavy atom. The Labute approximate surface area is 326 Å². The van der Waals surface area contributed by atoms with Gasteiger partial charge in [-0.05, 0) is 101 Å². The van der Waals surface area contributed by atoms with Crippen LogP contribution in [0, 0.1) is 10.8 Å². The number of carbonyl (C=O) groups excluding carboxylic acids is 2. The number of rotatable bonds is 8. The summed E-state index contributed by atoms with van der Waals surface area (Å²) in [6.45, 7) is 23.7. The molecule has 0 aliphatic heterocycles. The number of phenolic OH excluding ortho intramolecular Hbond substituents is 2. The Kier molecular flexibility index (Phi) is 17.7. The van der Waals surface area contributed by atoms with Gasteiger partial charge in [0.05, 0.1) is 11.4 Å². The van der Waals surface area contributed by atoms with Gasteiger partial charge in [0.1, 0.15) is 11.5 Å². The van der Waals surface area contributed by atoms with Crippen LogP contribution in [-0.2, 0) is 39.2 Å². The zero-order valence-electron chi connectivity index (χ0n) is 33.3. The van der Waals surface area contributed by atoms with E-state index in [9.17, 15) is 10.2 Å². The molecule has 0 atom stereocenters. The normalized spacial score (nSPS) is 11.7. The van der Waals surface area contributed by atoms with Crippen molar-refractivity contribution in [1.29, 1.82) is 0 Å². The van der Waals surface area contributed by atoms with Crippen LogP contribution < -0.4 is 10.2 Å². The maximum Gasteiger partial charge on any atom is 2.00 e. The quantitative estimate of drug-likeness (QED) is 0.172. The van der Waals surface area contributed by atoms with Crippen molar-refractivity contribution in [2.75, 3.05) is 0 Å². The van der Waals surface area contributed by atoms with Gasteiger partial charge in [0.25, 0.3) is 0 Å². The topological polar surface area (TPSA) is 145 Å². The summed E-state index contributed by atoms with van der Waals surface area (Å²) in [6.07, 6.45) is 5.37. The molecule has 1 radical (unpaired) electrons. The van der Waals surface area contributed by atoms with Crippen LogP contribution in [0.2, 0.25) is 0 Å². The molecule has 0 unspecified atom stereocenters. The number of carboxylic acids is 2. The number of fused-ring (bicyclic) bond motifs is 1. The summed E-state index contributed by atoms with van der Waals surface area (Å²) < 4.78 is 0. The maximum absolute atomic E-state index is 11.2. The van der Waals surface area contributed by atoms with E-state index < -0.39 is 11.9 Å². The number of aliphatic carboxylic acids is 2. The second-order valence-corrected chi connectivity index (χ2v) is 16.2. The third kappa shape index (κ3) is 15.6. The van der Waals surface area contributed by atoms with Crippen LogP contribution in [0.5, 0.6) is 11.5 Å². The number of hydrogen-bond acceptors (Lipinski definition) is 8. The summed E-state index contributed by atoms with van der Waals surface area (Å²) in [6, 6.07) is 20.4. The Balaban J connectivity index is 0.00000142. The molecule has 4 aromatic rings. The molecule has 0 heterocycles. The minimum absolute atomic E-state index is 0. The summed E-state index contributed by atoms with van der Waals surface area (Å²) >= 11 is 0. The number of benzene rings is 4. The Morgan fingerprint density at radius 2 is 0.981 bits per heavy atom. The number of hydrogen-bond donors (Lipinski definition) is 2. The van der Waals surface area contributed by atoms with E-state index in [1.807, 2.05) is 24.3 Å². The van der Waals surface area contributed by atoms with Crippen LogP contribution >= 0.6 is 0 Å². The third-order valence-electron chi connectivity index (χ3n) is 7.72. The molecule has 0 spiro atoms. The second kappa shape index (κ2) is 20.1. The maximum atomic E-state index is 11.2. The van der Waals surface area contributed by atoms with Crippen LogP contribution in [0.3, 0.4) is 0 Å². The fraction of sp³-hybridized carbons (Fsp3) is 0.409. The molecule has 0 aliphatic rings. The van der Waals surface area contributed by atoms with Crippen LogP contribution in [0.25, 0.3) is 10.8 Å². The van der Waals surface area contributed by atoms with Gasteiger partial charge in [-0.15, -0.1) is 0 Å². The molecule has 2 N–H and O–H groups in total. The first-order chi connectivity index (χ1) is 24.0. The second-order valence-electron chi connectivity index (χ2n) is 16.2. The zero-order valence-corrected chi connectivity index (χ0v) is 34.3. The number of carboxylic acid groups (broad SMARTS) is 2. The van der Waals surface area contributed by atoms with Crippen LogP contribution in [-0.4, -0.2) is 34.6 Å². The molecule has 0 bridgehead atoms. The number of aromatic hydroxyl groups is 2. The van der Waals surface area contributed by atoms with Crippen molar-refractivity contribution >= 4 is 46.5 Å². The third-order valence-corrected chi connectivity index (χ3v) is 7.72. The van der Waals surface area contributed by atoms with E-state index >= 15 is 0 Å². The summed E-state index contributed by atoms with van der Waals surface area (Å²) in [5.74, 6) is -1.22. The molecule has 0 saturated carbocycles. The summed E-state index contributed by atoms with van der Waals surface area (Å²) in [7, 11) is 0. The molecule has 9 heteroatoms. The van der Waals surface area contributed by atoms with E-state index in [0.717, 1.165) is 71.1 Å². The molecule has 53 heavy (non-hydrogen) atoms. The predicted molar refractivity (Wildman–Crippen MR) is 211 cm³/mol. The molecule has 4 rings (SSSR count). The number of nitrogens with zero attached hydrogens (tertiary/aromatic N) is 2. The van der Waals surface area contributed by atoms with E-state index in [1.165, 1.54) is 11.1 Å². The molecular formula is C44H56CoN2O6. The molecule has 287 valence electrons. The first-order valence-electron chi connectivity index (χ1n) is 17.7. The SMILES string of the molecule is CC(=O)[O-].CC(=O)[O-].CC(C)c1cc(CC(C)(C)C)cc(C=Nc2cccc3cccc(N=Cc4cc(CC(C)(C)C)cc(C(C)C)c4O)c23)c1O.[Co+2]. The van der Waals surface area contributed by atoms with Crippen molar-refractivity contribution in [2.24, 2.45) is 20.8 Å². The smallest absolute Gasteiger partial charge is 0.550 e. The Morgan fingerprint density at radius 1 is 0.660 bits per heavy atom. The minimum atomic E-state index is -1.08. The zero-order chi connectivity index (χ0) is 39.6. The Bertz CT molecular complexity index is 1770. The van der Waals surface area contributed by atoms with Gasteiger partial charge in [-0.1, -0.05) is 106 Å². The van der Waals surface area contributed by atoms with Gasteiger partial charge >= 0.3 is 16.8 Å².